The third-order valence-electron chi connectivity index (χ3n) is 7.71. The fourth-order valence-corrected chi connectivity index (χ4v) is 8.06. The highest BCUT2D eigenvalue weighted by atomic mass is 79.9. The van der Waals surface area contributed by atoms with E-state index in [1.54, 1.807) is 35.5 Å². The molecule has 0 spiro atoms. The smallest absolute Gasteiger partial charge is 0.244 e. The van der Waals surface area contributed by atoms with Gasteiger partial charge in [0, 0.05) is 23.5 Å². The number of nitrogens with zero attached hydrogens (tertiary/aromatic N) is 1. The quantitative estimate of drug-likeness (QED) is 0.663. The number of rotatable bonds is 3. The average molecular weight is 502 g/mol. The zero-order valence-electron chi connectivity index (χ0n) is 17.8. The maximum atomic E-state index is 13.1. The number of piperidine rings is 1. The van der Waals surface area contributed by atoms with E-state index >= 15 is 0 Å². The van der Waals surface area contributed by atoms with Crippen molar-refractivity contribution in [3.05, 3.63) is 28.7 Å². The minimum atomic E-state index is -3.56. The Hall–Kier alpha value is -0.510. The second kappa shape index (κ2) is 7.81. The number of hydrogen-bond donors (Lipinski definition) is 2. The Morgan fingerprint density at radius 1 is 1.13 bits per heavy atom. The minimum Gasteiger partial charge on any atom is -0.390 e. The molecule has 2 heterocycles. The van der Waals surface area contributed by atoms with Crippen molar-refractivity contribution >= 4 is 26.0 Å². The molecule has 0 radical (unpaired) electrons. The first-order valence-corrected chi connectivity index (χ1v) is 13.0. The lowest BCUT2D eigenvalue weighted by Gasteiger charge is -2.58. The van der Waals surface area contributed by atoms with Gasteiger partial charge in [-0.1, -0.05) is 12.1 Å². The summed E-state index contributed by atoms with van der Waals surface area (Å²) in [6.45, 7) is 6.71. The van der Waals surface area contributed by atoms with E-state index in [0.29, 0.717) is 41.7 Å². The number of ether oxygens (including phenoxy) is 1. The largest absolute Gasteiger partial charge is 0.390 e. The molecule has 6 nitrogen and oxygen atoms in total. The molecule has 2 N–H and O–H groups in total. The highest BCUT2D eigenvalue weighted by Crippen LogP contribution is 2.52. The number of aliphatic hydroxyl groups excluding tert-OH is 1. The monoisotopic (exact) mass is 501 g/mol. The molecule has 4 rings (SSSR count). The molecule has 3 fully saturated rings. The summed E-state index contributed by atoms with van der Waals surface area (Å²) in [5.41, 5.74) is -1.55. The van der Waals surface area contributed by atoms with E-state index in [1.807, 2.05) is 0 Å². The first-order chi connectivity index (χ1) is 13.9. The average Bonchev–Trinajstić information content (AvgIpc) is 2.68. The summed E-state index contributed by atoms with van der Waals surface area (Å²) in [5, 5.41) is 21.6. The fourth-order valence-electron chi connectivity index (χ4n) is 5.62. The van der Waals surface area contributed by atoms with Crippen LogP contribution in [0.1, 0.15) is 46.5 Å². The van der Waals surface area contributed by atoms with E-state index in [-0.39, 0.29) is 29.5 Å². The maximum Gasteiger partial charge on any atom is 0.244 e. The molecular weight excluding hydrogens is 470 g/mol. The summed E-state index contributed by atoms with van der Waals surface area (Å²) in [7, 11) is -3.56. The van der Waals surface area contributed by atoms with Crippen molar-refractivity contribution in [1.29, 1.82) is 0 Å². The van der Waals surface area contributed by atoms with Gasteiger partial charge in [0.15, 0.2) is 0 Å². The van der Waals surface area contributed by atoms with Crippen molar-refractivity contribution in [3.8, 4) is 0 Å². The van der Waals surface area contributed by atoms with Crippen LogP contribution in [-0.4, -0.2) is 59.4 Å². The van der Waals surface area contributed by atoms with Gasteiger partial charge in [0.1, 0.15) is 0 Å². The SMILES string of the molecule is CC1(C)O[C@@H](C2CCN(S(=O)(=O)c3ccccc3Br)CC2)[C@H]2C[C@H]1C[C@@H](O)[C@@]2(C)O. The van der Waals surface area contributed by atoms with Gasteiger partial charge in [-0.2, -0.15) is 4.31 Å². The normalized spacial score (nSPS) is 37.8. The lowest BCUT2D eigenvalue weighted by molar-refractivity contribution is -0.271. The Bertz CT molecular complexity index is 895. The topological polar surface area (TPSA) is 87.1 Å². The summed E-state index contributed by atoms with van der Waals surface area (Å²) in [5.74, 6) is 0.221. The van der Waals surface area contributed by atoms with Crippen molar-refractivity contribution < 1.29 is 23.4 Å². The highest BCUT2D eigenvalue weighted by molar-refractivity contribution is 9.10. The molecule has 2 aliphatic heterocycles. The number of sulfonamides is 1. The van der Waals surface area contributed by atoms with E-state index in [2.05, 4.69) is 29.8 Å². The molecule has 2 bridgehead atoms. The van der Waals surface area contributed by atoms with Crippen molar-refractivity contribution in [1.82, 2.24) is 4.31 Å². The minimum absolute atomic E-state index is 0.143. The Balaban J connectivity index is 1.51. The van der Waals surface area contributed by atoms with Crippen molar-refractivity contribution in [2.45, 2.75) is 74.8 Å². The molecular formula is C22H32BrNO5S. The van der Waals surface area contributed by atoms with E-state index in [1.165, 1.54) is 0 Å². The second-order valence-electron chi connectivity index (χ2n) is 9.87. The molecule has 0 unspecified atom stereocenters. The number of benzene rings is 1. The van der Waals surface area contributed by atoms with Gasteiger partial charge in [0.2, 0.25) is 10.0 Å². The predicted octanol–water partition coefficient (Wildman–Crippen LogP) is 3.17. The van der Waals surface area contributed by atoms with Gasteiger partial charge in [-0.15, -0.1) is 0 Å². The zero-order valence-corrected chi connectivity index (χ0v) is 20.2. The fraction of sp³-hybridized carbons (Fsp3) is 0.727. The van der Waals surface area contributed by atoms with Gasteiger partial charge in [-0.05, 0) is 86.4 Å². The summed E-state index contributed by atoms with van der Waals surface area (Å²) >= 11 is 3.36. The first-order valence-electron chi connectivity index (χ1n) is 10.8. The molecule has 30 heavy (non-hydrogen) atoms. The first kappa shape index (κ1) is 22.7. The highest BCUT2D eigenvalue weighted by Gasteiger charge is 2.58. The Morgan fingerprint density at radius 3 is 2.40 bits per heavy atom. The summed E-state index contributed by atoms with van der Waals surface area (Å²) in [4.78, 5) is 0.291. The van der Waals surface area contributed by atoms with Crippen LogP contribution in [0.2, 0.25) is 0 Å². The van der Waals surface area contributed by atoms with Gasteiger partial charge in [0.05, 0.1) is 28.3 Å². The molecule has 2 saturated heterocycles. The van der Waals surface area contributed by atoms with E-state index in [0.717, 1.165) is 6.42 Å². The molecule has 1 saturated carbocycles. The molecule has 5 atom stereocenters. The third kappa shape index (κ3) is 3.77. The lowest BCUT2D eigenvalue weighted by atomic mass is 9.60. The van der Waals surface area contributed by atoms with Gasteiger partial charge in [-0.25, -0.2) is 8.42 Å². The summed E-state index contributed by atoms with van der Waals surface area (Å²) in [6.07, 6.45) is 1.79. The predicted molar refractivity (Wildman–Crippen MR) is 117 cm³/mol. The Morgan fingerprint density at radius 2 is 1.77 bits per heavy atom. The zero-order chi connectivity index (χ0) is 21.9. The van der Waals surface area contributed by atoms with E-state index in [4.69, 9.17) is 4.74 Å². The van der Waals surface area contributed by atoms with Crippen LogP contribution in [0.5, 0.6) is 0 Å². The molecule has 3 aliphatic rings. The van der Waals surface area contributed by atoms with E-state index in [9.17, 15) is 18.6 Å². The van der Waals surface area contributed by atoms with Crippen LogP contribution in [0.4, 0.5) is 0 Å². The van der Waals surface area contributed by atoms with Crippen LogP contribution in [0.3, 0.4) is 0 Å². The van der Waals surface area contributed by atoms with Gasteiger partial charge < -0.3 is 14.9 Å². The van der Waals surface area contributed by atoms with E-state index < -0.39 is 21.7 Å². The number of aliphatic hydroxyl groups is 2. The van der Waals surface area contributed by atoms with Gasteiger partial charge in [0.25, 0.3) is 0 Å². The standard InChI is InChI=1S/C22H32BrNO5S/c1-21(2)15-12-16(22(3,26)19(25)13-15)20(29-21)14-8-10-24(11-9-14)30(27,28)18-7-5-4-6-17(18)23/h4-7,14-16,19-20,25-26H,8-13H2,1-3H3/t15-,16+,19+,20-,22-/m0/s1. The van der Waals surface area contributed by atoms with Crippen LogP contribution < -0.4 is 0 Å². The molecule has 168 valence electrons. The lowest BCUT2D eigenvalue weighted by Crippen LogP contribution is -2.65. The number of hydrogen-bond acceptors (Lipinski definition) is 5. The van der Waals surface area contributed by atoms with Crippen LogP contribution in [0.15, 0.2) is 33.6 Å². The summed E-state index contributed by atoms with van der Waals surface area (Å²) < 4.78 is 34.9. The van der Waals surface area contributed by atoms with Crippen LogP contribution in [-0.2, 0) is 14.8 Å². The molecule has 0 aromatic heterocycles. The van der Waals surface area contributed by atoms with Crippen LogP contribution in [0.25, 0.3) is 0 Å². The molecule has 1 aliphatic carbocycles. The second-order valence-corrected chi connectivity index (χ2v) is 12.6. The van der Waals surface area contributed by atoms with Gasteiger partial charge >= 0.3 is 0 Å². The Labute approximate surface area is 187 Å². The molecule has 1 aromatic rings. The summed E-state index contributed by atoms with van der Waals surface area (Å²) in [6, 6.07) is 6.90. The molecule has 1 aromatic carbocycles. The van der Waals surface area contributed by atoms with Gasteiger partial charge in [-0.3, -0.25) is 0 Å². The molecule has 0 amide bonds. The van der Waals surface area contributed by atoms with Crippen LogP contribution in [0, 0.1) is 17.8 Å². The van der Waals surface area contributed by atoms with Crippen molar-refractivity contribution in [2.75, 3.05) is 13.1 Å². The van der Waals surface area contributed by atoms with Crippen molar-refractivity contribution in [2.24, 2.45) is 17.8 Å². The van der Waals surface area contributed by atoms with Crippen molar-refractivity contribution in [3.63, 3.8) is 0 Å². The Kier molecular flexibility index (Phi) is 5.91. The third-order valence-corrected chi connectivity index (χ3v) is 10.6. The number of fused-ring (bicyclic) bond motifs is 2. The molecule has 8 heteroatoms. The van der Waals surface area contributed by atoms with Crippen LogP contribution >= 0.6 is 15.9 Å². The number of halogens is 1. The maximum absolute atomic E-state index is 13.1.